The van der Waals surface area contributed by atoms with Gasteiger partial charge in [0, 0.05) is 20.3 Å². The summed E-state index contributed by atoms with van der Waals surface area (Å²) in [5.41, 5.74) is 0.471. The summed E-state index contributed by atoms with van der Waals surface area (Å²) >= 11 is 0.897. The van der Waals surface area contributed by atoms with Crippen molar-refractivity contribution in [2.24, 2.45) is 0 Å². The monoisotopic (exact) mass is 270 g/mol. The zero-order valence-electron chi connectivity index (χ0n) is 9.85. The molecule has 0 saturated carbocycles. The van der Waals surface area contributed by atoms with Crippen LogP contribution in [0.4, 0.5) is 0 Å². The lowest BCUT2D eigenvalue weighted by Crippen LogP contribution is -2.48. The van der Waals surface area contributed by atoms with Crippen LogP contribution in [-0.2, 0) is 20.8 Å². The molecule has 0 aromatic carbocycles. The van der Waals surface area contributed by atoms with Crippen LogP contribution in [0.2, 0.25) is 0 Å². The molecule has 0 aliphatic heterocycles. The third-order valence-electron chi connectivity index (χ3n) is 1.99. The number of H-pyrrole nitrogens is 1. The first-order valence-corrected chi connectivity index (χ1v) is 5.90. The Labute approximate surface area is 107 Å². The molecule has 8 heteroatoms. The number of carboxylic acid groups (broad SMARTS) is 1. The number of nitrogens with zero attached hydrogens (tertiary/aromatic N) is 1. The third-order valence-corrected chi connectivity index (χ3v) is 2.82. The van der Waals surface area contributed by atoms with E-state index in [4.69, 9.17) is 0 Å². The molecule has 0 aliphatic rings. The maximum absolute atomic E-state index is 11.0. The maximum Gasteiger partial charge on any atom is 0.217 e. The molecule has 1 aromatic heterocycles. The first kappa shape index (κ1) is 14.2. The minimum atomic E-state index is -1.39. The molecule has 18 heavy (non-hydrogen) atoms. The quantitative estimate of drug-likeness (QED) is 0.652. The molecule has 0 radical (unpaired) electrons. The number of nitrogens with one attached hydrogen (secondary N) is 2. The summed E-state index contributed by atoms with van der Waals surface area (Å²) in [5, 5.41) is 13.4. The predicted octanol–water partition coefficient (Wildman–Crippen LogP) is -1.15. The zero-order valence-corrected chi connectivity index (χ0v) is 10.7. The van der Waals surface area contributed by atoms with Crippen molar-refractivity contribution < 1.29 is 19.5 Å². The zero-order chi connectivity index (χ0) is 13.7. The fourth-order valence-electron chi connectivity index (χ4n) is 1.32. The molecule has 2 N–H and O–H groups in total. The Morgan fingerprint density at radius 2 is 2.17 bits per heavy atom. The van der Waals surface area contributed by atoms with Crippen LogP contribution in [0.5, 0.6) is 0 Å². The van der Waals surface area contributed by atoms with Gasteiger partial charge in [-0.05, 0) is 11.8 Å². The molecular weight excluding hydrogens is 258 g/mol. The molecule has 1 atom stereocenters. The van der Waals surface area contributed by atoms with Crippen LogP contribution < -0.4 is 10.4 Å². The SMILES string of the molecule is CC(=O)N[C@@H](Cc1[nH]cnc1SC(C)=O)C(=O)[O-]. The van der Waals surface area contributed by atoms with E-state index in [0.29, 0.717) is 10.7 Å². The number of hydrogen-bond donors (Lipinski definition) is 2. The molecule has 1 aromatic rings. The molecule has 0 unspecified atom stereocenters. The van der Waals surface area contributed by atoms with Crippen molar-refractivity contribution in [3.63, 3.8) is 0 Å². The smallest absolute Gasteiger partial charge is 0.217 e. The van der Waals surface area contributed by atoms with Crippen LogP contribution in [-0.4, -0.2) is 33.0 Å². The van der Waals surface area contributed by atoms with Crippen molar-refractivity contribution in [1.82, 2.24) is 15.3 Å². The van der Waals surface area contributed by atoms with Crippen LogP contribution in [0, 0.1) is 0 Å². The van der Waals surface area contributed by atoms with Crippen molar-refractivity contribution in [1.29, 1.82) is 0 Å². The van der Waals surface area contributed by atoms with E-state index >= 15 is 0 Å². The Morgan fingerprint density at radius 3 is 2.67 bits per heavy atom. The van der Waals surface area contributed by atoms with Gasteiger partial charge in [-0.3, -0.25) is 9.59 Å². The summed E-state index contributed by atoms with van der Waals surface area (Å²) in [6, 6.07) is -1.16. The fraction of sp³-hybridized carbons (Fsp3) is 0.400. The average molecular weight is 270 g/mol. The van der Waals surface area contributed by atoms with Crippen molar-refractivity contribution in [3.05, 3.63) is 12.0 Å². The van der Waals surface area contributed by atoms with Gasteiger partial charge in [-0.25, -0.2) is 4.98 Å². The fourth-order valence-corrected chi connectivity index (χ4v) is 1.96. The molecule has 0 saturated heterocycles. The molecule has 98 valence electrons. The van der Waals surface area contributed by atoms with E-state index in [-0.39, 0.29) is 11.5 Å². The molecule has 0 aliphatic carbocycles. The Morgan fingerprint density at radius 1 is 1.50 bits per heavy atom. The van der Waals surface area contributed by atoms with Gasteiger partial charge in [-0.1, -0.05) is 0 Å². The lowest BCUT2D eigenvalue weighted by Gasteiger charge is -2.18. The number of carboxylic acids is 1. The van der Waals surface area contributed by atoms with Gasteiger partial charge in [-0.2, -0.15) is 0 Å². The summed E-state index contributed by atoms with van der Waals surface area (Å²) < 4.78 is 0. The molecule has 1 rings (SSSR count). The van der Waals surface area contributed by atoms with E-state index < -0.39 is 17.9 Å². The molecule has 7 nitrogen and oxygen atoms in total. The van der Waals surface area contributed by atoms with Gasteiger partial charge in [0.05, 0.1) is 24.0 Å². The second-order valence-electron chi connectivity index (χ2n) is 3.56. The van der Waals surface area contributed by atoms with Crippen molar-refractivity contribution in [2.75, 3.05) is 0 Å². The molecule has 0 bridgehead atoms. The largest absolute Gasteiger partial charge is 0.548 e. The number of amides is 1. The summed E-state index contributed by atoms with van der Waals surface area (Å²) in [5.74, 6) is -1.86. The van der Waals surface area contributed by atoms with E-state index in [2.05, 4.69) is 15.3 Å². The Hall–Kier alpha value is -1.83. The summed E-state index contributed by atoms with van der Waals surface area (Å²) in [6.45, 7) is 2.60. The second kappa shape index (κ2) is 6.20. The highest BCUT2D eigenvalue weighted by atomic mass is 32.2. The van der Waals surface area contributed by atoms with Crippen molar-refractivity contribution >= 4 is 28.8 Å². The first-order valence-electron chi connectivity index (χ1n) is 5.08. The van der Waals surface area contributed by atoms with Gasteiger partial charge < -0.3 is 20.2 Å². The van der Waals surface area contributed by atoms with Gasteiger partial charge in [0.25, 0.3) is 0 Å². The topological polar surface area (TPSA) is 115 Å². The number of thioether (sulfide) groups is 1. The van der Waals surface area contributed by atoms with Crippen molar-refractivity contribution in [3.8, 4) is 0 Å². The number of aliphatic carboxylic acids is 1. The van der Waals surface area contributed by atoms with E-state index in [1.165, 1.54) is 20.2 Å². The number of rotatable bonds is 5. The lowest BCUT2D eigenvalue weighted by atomic mass is 10.1. The lowest BCUT2D eigenvalue weighted by molar-refractivity contribution is -0.308. The minimum Gasteiger partial charge on any atom is -0.548 e. The van der Waals surface area contributed by atoms with Crippen LogP contribution in [0.15, 0.2) is 11.4 Å². The van der Waals surface area contributed by atoms with E-state index in [0.717, 1.165) is 11.8 Å². The summed E-state index contributed by atoms with van der Waals surface area (Å²) in [6.07, 6.45) is 1.35. The number of carbonyl (C=O) groups is 3. The molecular formula is C10H12N3O4S-. The number of aromatic amines is 1. The number of hydrogen-bond acceptors (Lipinski definition) is 6. The molecule has 1 heterocycles. The maximum atomic E-state index is 11.0. The average Bonchev–Trinajstić information content (AvgIpc) is 2.63. The van der Waals surface area contributed by atoms with E-state index in [1.807, 2.05) is 0 Å². The molecule has 1 amide bonds. The minimum absolute atomic E-state index is 0.0163. The van der Waals surface area contributed by atoms with Gasteiger partial charge in [0.1, 0.15) is 5.03 Å². The Kier molecular flexibility index (Phi) is 4.90. The summed E-state index contributed by atoms with van der Waals surface area (Å²) in [4.78, 5) is 39.3. The molecule has 0 spiro atoms. The van der Waals surface area contributed by atoms with Gasteiger partial charge in [0.15, 0.2) is 5.12 Å². The van der Waals surface area contributed by atoms with Gasteiger partial charge in [0.2, 0.25) is 5.91 Å². The van der Waals surface area contributed by atoms with Gasteiger partial charge in [-0.15, -0.1) is 0 Å². The van der Waals surface area contributed by atoms with Crippen LogP contribution in [0.25, 0.3) is 0 Å². The second-order valence-corrected chi connectivity index (χ2v) is 4.72. The number of imidazole rings is 1. The van der Waals surface area contributed by atoms with Crippen molar-refractivity contribution in [2.45, 2.75) is 31.3 Å². The highest BCUT2D eigenvalue weighted by molar-refractivity contribution is 8.13. The van der Waals surface area contributed by atoms with Crippen LogP contribution >= 0.6 is 11.8 Å². The number of aromatic nitrogens is 2. The Bertz CT molecular complexity index is 471. The van der Waals surface area contributed by atoms with E-state index in [9.17, 15) is 19.5 Å². The standard InChI is InChI=1S/C10H13N3O4S/c1-5(14)13-8(10(16)17)3-7-9(12-4-11-7)18-6(2)15/h4,8H,3H2,1-2H3,(H,11,12)(H,13,14)(H,16,17)/p-1/t8-/m0/s1. The van der Waals surface area contributed by atoms with E-state index in [1.54, 1.807) is 0 Å². The van der Waals surface area contributed by atoms with Crippen LogP contribution in [0.3, 0.4) is 0 Å². The molecule has 0 fully saturated rings. The highest BCUT2D eigenvalue weighted by Crippen LogP contribution is 2.20. The van der Waals surface area contributed by atoms with Gasteiger partial charge >= 0.3 is 0 Å². The third kappa shape index (κ3) is 4.21. The highest BCUT2D eigenvalue weighted by Gasteiger charge is 2.17. The summed E-state index contributed by atoms with van der Waals surface area (Å²) in [7, 11) is 0. The first-order chi connectivity index (χ1) is 8.40. The number of carbonyl (C=O) groups excluding carboxylic acids is 3. The van der Waals surface area contributed by atoms with Crippen LogP contribution in [0.1, 0.15) is 19.5 Å². The predicted molar refractivity (Wildman–Crippen MR) is 61.4 cm³/mol. The Balaban J connectivity index is 2.80. The normalized spacial score (nSPS) is 11.9.